The molecule has 0 aliphatic heterocycles. The van der Waals surface area contributed by atoms with Gasteiger partial charge in [-0.25, -0.2) is 0 Å². The van der Waals surface area contributed by atoms with Crippen LogP contribution in [0.5, 0.6) is 11.9 Å². The molecule has 4 rings (SSSR count). The molecule has 1 heterocycles. The van der Waals surface area contributed by atoms with Gasteiger partial charge in [-0.05, 0) is 62.1 Å². The van der Waals surface area contributed by atoms with Crippen molar-refractivity contribution < 1.29 is 9.47 Å². The van der Waals surface area contributed by atoms with Crippen molar-refractivity contribution in [3.05, 3.63) is 57.5 Å². The molecule has 7 heteroatoms. The molecule has 34 heavy (non-hydrogen) atoms. The first-order valence-corrected chi connectivity index (χ1v) is 13.0. The molecule has 1 aromatic heterocycles. The highest BCUT2D eigenvalue weighted by atomic mass is 35.5. The molecule has 0 radical (unpaired) electrons. The SMILES string of the molecule is CC(C)Oc1nc(OCCC2CCCCC2)nc(-c2ccc(Cl)cc2Cl)c1-c1ccc(Cl)cc1. The summed E-state index contributed by atoms with van der Waals surface area (Å²) in [5.41, 5.74) is 2.95. The molecular formula is C27H29Cl3N2O2. The maximum Gasteiger partial charge on any atom is 0.320 e. The lowest BCUT2D eigenvalue weighted by Gasteiger charge is -2.22. The summed E-state index contributed by atoms with van der Waals surface area (Å²) < 4.78 is 12.2. The number of benzene rings is 2. The van der Waals surface area contributed by atoms with Crippen LogP contribution in [-0.4, -0.2) is 22.7 Å². The fraction of sp³-hybridized carbons (Fsp3) is 0.407. The van der Waals surface area contributed by atoms with Crippen molar-refractivity contribution in [1.29, 1.82) is 0 Å². The van der Waals surface area contributed by atoms with Crippen molar-refractivity contribution in [3.8, 4) is 34.3 Å². The Kier molecular flexibility index (Phi) is 8.57. The average molecular weight is 520 g/mol. The maximum atomic E-state index is 6.62. The van der Waals surface area contributed by atoms with Crippen molar-refractivity contribution in [1.82, 2.24) is 9.97 Å². The highest BCUT2D eigenvalue weighted by Gasteiger charge is 2.23. The third-order valence-electron chi connectivity index (χ3n) is 6.00. The lowest BCUT2D eigenvalue weighted by molar-refractivity contribution is 0.214. The Morgan fingerprint density at radius 2 is 1.62 bits per heavy atom. The van der Waals surface area contributed by atoms with Crippen LogP contribution in [0.15, 0.2) is 42.5 Å². The van der Waals surface area contributed by atoms with Gasteiger partial charge in [-0.3, -0.25) is 0 Å². The molecule has 1 saturated carbocycles. The van der Waals surface area contributed by atoms with E-state index in [0.717, 1.165) is 23.1 Å². The van der Waals surface area contributed by atoms with Crippen LogP contribution in [0.1, 0.15) is 52.4 Å². The number of hydrogen-bond acceptors (Lipinski definition) is 4. The summed E-state index contributed by atoms with van der Waals surface area (Å²) in [5, 5.41) is 1.69. The zero-order chi connectivity index (χ0) is 24.1. The van der Waals surface area contributed by atoms with Crippen LogP contribution in [0.25, 0.3) is 22.4 Å². The molecule has 0 amide bonds. The van der Waals surface area contributed by atoms with E-state index in [4.69, 9.17) is 49.3 Å². The van der Waals surface area contributed by atoms with E-state index in [1.165, 1.54) is 32.1 Å². The van der Waals surface area contributed by atoms with Gasteiger partial charge in [0.05, 0.1) is 29.0 Å². The normalized spacial score (nSPS) is 14.4. The van der Waals surface area contributed by atoms with Crippen LogP contribution >= 0.6 is 34.8 Å². The number of hydrogen-bond donors (Lipinski definition) is 0. The molecule has 4 nitrogen and oxygen atoms in total. The van der Waals surface area contributed by atoms with Crippen LogP contribution < -0.4 is 9.47 Å². The van der Waals surface area contributed by atoms with E-state index >= 15 is 0 Å². The second kappa shape index (κ2) is 11.6. The molecular weight excluding hydrogens is 491 g/mol. The molecule has 0 N–H and O–H groups in total. The molecule has 0 bridgehead atoms. The van der Waals surface area contributed by atoms with Gasteiger partial charge in [0, 0.05) is 15.6 Å². The Bertz CT molecular complexity index is 1110. The summed E-state index contributed by atoms with van der Waals surface area (Å²) in [5.74, 6) is 1.15. The van der Waals surface area contributed by atoms with E-state index in [0.29, 0.717) is 39.2 Å². The summed E-state index contributed by atoms with van der Waals surface area (Å²) in [7, 11) is 0. The minimum atomic E-state index is -0.0930. The van der Waals surface area contributed by atoms with Crippen LogP contribution in [0.2, 0.25) is 15.1 Å². The molecule has 3 aromatic rings. The summed E-state index contributed by atoms with van der Waals surface area (Å²) in [6.45, 7) is 4.50. The molecule has 0 spiro atoms. The standard InChI is InChI=1S/C27H29Cl3N2O2/c1-17(2)34-26-24(19-8-10-20(28)11-9-19)25(22-13-12-21(29)16-23(22)30)31-27(32-26)33-15-14-18-6-4-3-5-7-18/h8-13,16-18H,3-7,14-15H2,1-2H3. The Morgan fingerprint density at radius 3 is 2.29 bits per heavy atom. The molecule has 1 aliphatic carbocycles. The third-order valence-corrected chi connectivity index (χ3v) is 6.80. The summed E-state index contributed by atoms with van der Waals surface area (Å²) in [6.07, 6.45) is 7.41. The number of halogens is 3. The van der Waals surface area contributed by atoms with Gasteiger partial charge in [-0.1, -0.05) is 79.0 Å². The van der Waals surface area contributed by atoms with Crippen molar-refractivity contribution >= 4 is 34.8 Å². The monoisotopic (exact) mass is 518 g/mol. The van der Waals surface area contributed by atoms with Crippen LogP contribution in [0.4, 0.5) is 0 Å². The minimum Gasteiger partial charge on any atom is -0.474 e. The second-order valence-corrected chi connectivity index (χ2v) is 10.3. The fourth-order valence-corrected chi connectivity index (χ4v) is 4.96. The molecule has 0 saturated heterocycles. The number of aromatic nitrogens is 2. The average Bonchev–Trinajstić information content (AvgIpc) is 2.80. The van der Waals surface area contributed by atoms with E-state index in [9.17, 15) is 0 Å². The van der Waals surface area contributed by atoms with E-state index in [2.05, 4.69) is 4.98 Å². The molecule has 0 atom stereocenters. The lowest BCUT2D eigenvalue weighted by atomic mass is 9.87. The predicted octanol–water partition coefficient (Wildman–Crippen LogP) is 8.91. The summed E-state index contributed by atoms with van der Waals surface area (Å²) in [6, 6.07) is 13.1. The summed E-state index contributed by atoms with van der Waals surface area (Å²) >= 11 is 18.9. The zero-order valence-electron chi connectivity index (χ0n) is 19.5. The minimum absolute atomic E-state index is 0.0930. The summed E-state index contributed by atoms with van der Waals surface area (Å²) in [4.78, 5) is 9.48. The Hall–Kier alpha value is -2.01. The van der Waals surface area contributed by atoms with Gasteiger partial charge in [0.15, 0.2) is 0 Å². The van der Waals surface area contributed by atoms with Crippen molar-refractivity contribution in [2.24, 2.45) is 5.92 Å². The Morgan fingerprint density at radius 1 is 0.912 bits per heavy atom. The fourth-order valence-electron chi connectivity index (χ4n) is 4.34. The number of ether oxygens (including phenoxy) is 2. The zero-order valence-corrected chi connectivity index (χ0v) is 21.8. The maximum absolute atomic E-state index is 6.62. The third kappa shape index (κ3) is 6.35. The van der Waals surface area contributed by atoms with Gasteiger partial charge in [-0.15, -0.1) is 0 Å². The highest BCUT2D eigenvalue weighted by Crippen LogP contribution is 2.42. The lowest BCUT2D eigenvalue weighted by Crippen LogP contribution is -2.13. The number of nitrogens with zero attached hydrogens (tertiary/aromatic N) is 2. The van der Waals surface area contributed by atoms with Gasteiger partial charge in [0.2, 0.25) is 5.88 Å². The molecule has 1 fully saturated rings. The van der Waals surface area contributed by atoms with E-state index in [1.807, 2.05) is 44.2 Å². The first-order chi connectivity index (χ1) is 16.4. The number of rotatable bonds is 8. The van der Waals surface area contributed by atoms with Gasteiger partial charge < -0.3 is 9.47 Å². The van der Waals surface area contributed by atoms with E-state index in [1.54, 1.807) is 12.1 Å². The predicted molar refractivity (Wildman–Crippen MR) is 140 cm³/mol. The van der Waals surface area contributed by atoms with E-state index < -0.39 is 0 Å². The van der Waals surface area contributed by atoms with Crippen molar-refractivity contribution in [2.75, 3.05) is 6.61 Å². The van der Waals surface area contributed by atoms with Crippen LogP contribution in [0.3, 0.4) is 0 Å². The molecule has 180 valence electrons. The molecule has 0 unspecified atom stereocenters. The Labute approximate surface area is 216 Å². The van der Waals surface area contributed by atoms with Gasteiger partial charge in [0.1, 0.15) is 0 Å². The molecule has 2 aromatic carbocycles. The van der Waals surface area contributed by atoms with Crippen LogP contribution in [-0.2, 0) is 0 Å². The first-order valence-electron chi connectivity index (χ1n) is 11.8. The van der Waals surface area contributed by atoms with Gasteiger partial charge >= 0.3 is 6.01 Å². The van der Waals surface area contributed by atoms with Crippen LogP contribution in [0, 0.1) is 5.92 Å². The highest BCUT2D eigenvalue weighted by molar-refractivity contribution is 6.36. The van der Waals surface area contributed by atoms with Gasteiger partial charge in [0.25, 0.3) is 0 Å². The quantitative estimate of drug-likeness (QED) is 0.298. The van der Waals surface area contributed by atoms with Gasteiger partial charge in [-0.2, -0.15) is 9.97 Å². The smallest absolute Gasteiger partial charge is 0.320 e. The van der Waals surface area contributed by atoms with E-state index in [-0.39, 0.29) is 12.1 Å². The largest absolute Gasteiger partial charge is 0.474 e. The first kappa shape index (κ1) is 25.1. The molecule has 1 aliphatic rings. The topological polar surface area (TPSA) is 44.2 Å². The van der Waals surface area contributed by atoms with Crippen molar-refractivity contribution in [3.63, 3.8) is 0 Å². The Balaban J connectivity index is 1.76. The second-order valence-electron chi connectivity index (χ2n) is 8.97. The van der Waals surface area contributed by atoms with Crippen molar-refractivity contribution in [2.45, 2.75) is 58.5 Å².